The Hall–Kier alpha value is -4.33. The van der Waals surface area contributed by atoms with E-state index >= 15 is 0 Å². The molecule has 0 unspecified atom stereocenters. The summed E-state index contributed by atoms with van der Waals surface area (Å²) in [5.74, 6) is -1.84. The minimum atomic E-state index is -0.694. The Bertz CT molecular complexity index is 1350. The Balaban J connectivity index is 1.64. The SMILES string of the molecule is Cc1cc(C(=O)Nc2ccc(-c3ccccc3F)cc2F)n(-c2cccc(C(=N)N)c2)n1. The fraction of sp³-hybridized carbons (Fsp3) is 0.0417. The molecule has 32 heavy (non-hydrogen) atoms. The first kappa shape index (κ1) is 20.9. The molecule has 3 aromatic carbocycles. The first-order valence-electron chi connectivity index (χ1n) is 9.71. The number of aryl methyl sites for hydroxylation is 1. The normalized spacial score (nSPS) is 10.7. The molecule has 4 N–H and O–H groups in total. The molecule has 1 heterocycles. The summed E-state index contributed by atoms with van der Waals surface area (Å²) in [4.78, 5) is 12.9. The number of amides is 1. The molecule has 0 spiro atoms. The van der Waals surface area contributed by atoms with Gasteiger partial charge in [-0.3, -0.25) is 10.2 Å². The smallest absolute Gasteiger partial charge is 0.274 e. The van der Waals surface area contributed by atoms with Crippen LogP contribution < -0.4 is 11.1 Å². The lowest BCUT2D eigenvalue weighted by Gasteiger charge is -2.11. The second-order valence-electron chi connectivity index (χ2n) is 7.18. The van der Waals surface area contributed by atoms with Crippen LogP contribution >= 0.6 is 0 Å². The molecule has 0 saturated carbocycles. The molecule has 1 aromatic heterocycles. The van der Waals surface area contributed by atoms with E-state index in [-0.39, 0.29) is 22.8 Å². The van der Waals surface area contributed by atoms with E-state index in [9.17, 15) is 13.6 Å². The maximum absolute atomic E-state index is 14.7. The van der Waals surface area contributed by atoms with Gasteiger partial charge in [0.1, 0.15) is 23.2 Å². The molecule has 1 amide bonds. The summed E-state index contributed by atoms with van der Waals surface area (Å²) >= 11 is 0. The van der Waals surface area contributed by atoms with E-state index in [4.69, 9.17) is 11.1 Å². The molecule has 0 aliphatic rings. The van der Waals surface area contributed by atoms with Crippen LogP contribution in [-0.4, -0.2) is 21.5 Å². The number of hydrogen-bond acceptors (Lipinski definition) is 3. The Labute approximate surface area is 182 Å². The van der Waals surface area contributed by atoms with E-state index in [1.165, 1.54) is 28.9 Å². The molecular formula is C24H19F2N5O. The number of nitrogens with one attached hydrogen (secondary N) is 2. The Kier molecular flexibility index (Phi) is 5.51. The van der Waals surface area contributed by atoms with Gasteiger partial charge in [-0.05, 0) is 48.9 Å². The van der Waals surface area contributed by atoms with E-state index < -0.39 is 17.5 Å². The van der Waals surface area contributed by atoms with Crippen molar-refractivity contribution in [2.45, 2.75) is 6.92 Å². The zero-order valence-electron chi connectivity index (χ0n) is 17.1. The molecule has 0 radical (unpaired) electrons. The molecule has 4 aromatic rings. The van der Waals surface area contributed by atoms with Gasteiger partial charge in [-0.1, -0.05) is 36.4 Å². The fourth-order valence-corrected chi connectivity index (χ4v) is 3.33. The van der Waals surface area contributed by atoms with Gasteiger partial charge >= 0.3 is 0 Å². The second kappa shape index (κ2) is 8.43. The number of benzene rings is 3. The highest BCUT2D eigenvalue weighted by molar-refractivity contribution is 6.04. The van der Waals surface area contributed by atoms with Crippen LogP contribution in [0.3, 0.4) is 0 Å². The van der Waals surface area contributed by atoms with E-state index in [0.717, 1.165) is 0 Å². The van der Waals surface area contributed by atoms with Crippen LogP contribution in [0.15, 0.2) is 72.8 Å². The Morgan fingerprint density at radius 2 is 1.78 bits per heavy atom. The Morgan fingerprint density at radius 1 is 1.00 bits per heavy atom. The molecular weight excluding hydrogens is 412 g/mol. The number of hydrogen-bond donors (Lipinski definition) is 3. The standard InChI is InChI=1S/C24H19F2N5O/c1-14-11-22(31(30-14)17-6-4-5-16(12-17)23(27)28)24(32)29-21-10-9-15(13-20(21)26)18-7-2-3-8-19(18)25/h2-13H,1H3,(H3,27,28)(H,29,32). The third-order valence-corrected chi connectivity index (χ3v) is 4.87. The van der Waals surface area contributed by atoms with Gasteiger partial charge in [0.25, 0.3) is 5.91 Å². The largest absolute Gasteiger partial charge is 0.384 e. The highest BCUT2D eigenvalue weighted by Crippen LogP contribution is 2.27. The van der Waals surface area contributed by atoms with Gasteiger partial charge < -0.3 is 11.1 Å². The first-order chi connectivity index (χ1) is 15.3. The molecule has 0 aliphatic carbocycles. The molecule has 0 bridgehead atoms. The number of aromatic nitrogens is 2. The van der Waals surface area contributed by atoms with E-state index in [0.29, 0.717) is 22.5 Å². The number of nitrogens with two attached hydrogens (primary N) is 1. The molecule has 6 nitrogen and oxygen atoms in total. The highest BCUT2D eigenvalue weighted by atomic mass is 19.1. The summed E-state index contributed by atoms with van der Waals surface area (Å²) in [7, 11) is 0. The minimum absolute atomic E-state index is 0.0435. The van der Waals surface area contributed by atoms with Crippen molar-refractivity contribution in [3.63, 3.8) is 0 Å². The molecule has 4 rings (SSSR count). The number of halogens is 2. The lowest BCUT2D eigenvalue weighted by molar-refractivity contribution is 0.101. The van der Waals surface area contributed by atoms with Crippen molar-refractivity contribution in [2.75, 3.05) is 5.32 Å². The van der Waals surface area contributed by atoms with Crippen LogP contribution in [0, 0.1) is 24.0 Å². The number of carbonyl (C=O) groups is 1. The van der Waals surface area contributed by atoms with Crippen LogP contribution in [0.2, 0.25) is 0 Å². The van der Waals surface area contributed by atoms with Gasteiger partial charge in [0.15, 0.2) is 0 Å². The number of carbonyl (C=O) groups excluding carboxylic acids is 1. The van der Waals surface area contributed by atoms with Gasteiger partial charge in [0, 0.05) is 11.1 Å². The average Bonchev–Trinajstić information content (AvgIpc) is 3.17. The predicted octanol–water partition coefficient (Wildman–Crippen LogP) is 4.66. The third kappa shape index (κ3) is 4.11. The number of anilines is 1. The maximum atomic E-state index is 14.7. The molecule has 0 saturated heterocycles. The van der Waals surface area contributed by atoms with E-state index in [1.807, 2.05) is 0 Å². The number of nitrogen functional groups attached to an aromatic ring is 1. The monoisotopic (exact) mass is 431 g/mol. The van der Waals surface area contributed by atoms with Crippen LogP contribution in [0.25, 0.3) is 16.8 Å². The highest BCUT2D eigenvalue weighted by Gasteiger charge is 2.18. The van der Waals surface area contributed by atoms with Gasteiger partial charge in [0.05, 0.1) is 17.1 Å². The van der Waals surface area contributed by atoms with Crippen LogP contribution in [-0.2, 0) is 0 Å². The zero-order chi connectivity index (χ0) is 22.8. The summed E-state index contributed by atoms with van der Waals surface area (Å²) in [6.07, 6.45) is 0. The third-order valence-electron chi connectivity index (χ3n) is 4.87. The number of nitrogens with zero attached hydrogens (tertiary/aromatic N) is 2. The first-order valence-corrected chi connectivity index (χ1v) is 9.71. The summed E-state index contributed by atoms with van der Waals surface area (Å²) < 4.78 is 30.1. The van der Waals surface area contributed by atoms with Crippen molar-refractivity contribution in [3.05, 3.63) is 101 Å². The second-order valence-corrected chi connectivity index (χ2v) is 7.18. The van der Waals surface area contributed by atoms with Crippen LogP contribution in [0.4, 0.5) is 14.5 Å². The van der Waals surface area contributed by atoms with Crippen molar-refractivity contribution in [1.82, 2.24) is 9.78 Å². The average molecular weight is 431 g/mol. The molecule has 0 aliphatic heterocycles. The Morgan fingerprint density at radius 3 is 2.50 bits per heavy atom. The predicted molar refractivity (Wildman–Crippen MR) is 119 cm³/mol. The van der Waals surface area contributed by atoms with Crippen molar-refractivity contribution in [2.24, 2.45) is 5.73 Å². The van der Waals surface area contributed by atoms with Crippen molar-refractivity contribution in [1.29, 1.82) is 5.41 Å². The molecule has 160 valence electrons. The summed E-state index contributed by atoms with van der Waals surface area (Å²) in [6.45, 7) is 1.73. The number of amidine groups is 1. The number of rotatable bonds is 5. The molecule has 8 heteroatoms. The quantitative estimate of drug-likeness (QED) is 0.317. The van der Waals surface area contributed by atoms with Gasteiger partial charge in [-0.2, -0.15) is 5.10 Å². The van der Waals surface area contributed by atoms with Gasteiger partial charge in [-0.15, -0.1) is 0 Å². The topological polar surface area (TPSA) is 96.8 Å². The lowest BCUT2D eigenvalue weighted by Crippen LogP contribution is -2.18. The summed E-state index contributed by atoms with van der Waals surface area (Å²) in [6, 6.07) is 18.5. The van der Waals surface area contributed by atoms with Gasteiger partial charge in [0.2, 0.25) is 0 Å². The molecule has 0 atom stereocenters. The van der Waals surface area contributed by atoms with E-state index in [1.54, 1.807) is 55.5 Å². The van der Waals surface area contributed by atoms with Crippen molar-refractivity contribution in [3.8, 4) is 16.8 Å². The minimum Gasteiger partial charge on any atom is -0.384 e. The lowest BCUT2D eigenvalue weighted by atomic mass is 10.0. The van der Waals surface area contributed by atoms with E-state index in [2.05, 4.69) is 10.4 Å². The van der Waals surface area contributed by atoms with Gasteiger partial charge in [-0.25, -0.2) is 13.5 Å². The van der Waals surface area contributed by atoms with Crippen LogP contribution in [0.5, 0.6) is 0 Å². The summed E-state index contributed by atoms with van der Waals surface area (Å²) in [5.41, 5.74) is 7.92. The van der Waals surface area contributed by atoms with Crippen LogP contribution in [0.1, 0.15) is 21.7 Å². The summed E-state index contributed by atoms with van der Waals surface area (Å²) in [5, 5.41) is 14.5. The zero-order valence-corrected chi connectivity index (χ0v) is 17.1. The fourth-order valence-electron chi connectivity index (χ4n) is 3.33. The molecule has 0 fully saturated rings. The maximum Gasteiger partial charge on any atom is 0.274 e. The van der Waals surface area contributed by atoms with Crippen molar-refractivity contribution < 1.29 is 13.6 Å². The van der Waals surface area contributed by atoms with Crippen molar-refractivity contribution >= 4 is 17.4 Å².